The fourth-order valence-corrected chi connectivity index (χ4v) is 2.87. The van der Waals surface area contributed by atoms with E-state index in [4.69, 9.17) is 19.9 Å². The topological polar surface area (TPSA) is 70.8 Å². The normalized spacial score (nSPS) is 10.3. The van der Waals surface area contributed by atoms with Crippen molar-refractivity contribution >= 4 is 22.3 Å². The second-order valence-corrected chi connectivity index (χ2v) is 5.50. The number of carbonyl (C=O) groups excluding carboxylic acids is 1. The molecular weight excluding hydrogens is 302 g/mol. The Morgan fingerprint density at radius 1 is 1.23 bits per heavy atom. The third-order valence-corrected chi connectivity index (χ3v) is 3.97. The molecule has 2 N–H and O–H groups in total. The maximum Gasteiger partial charge on any atom is 0.341 e. The number of carbonyl (C=O) groups is 1. The number of hydrogen-bond donors (Lipinski definition) is 1. The van der Waals surface area contributed by atoms with Crippen molar-refractivity contribution in [3.63, 3.8) is 0 Å². The Morgan fingerprint density at radius 3 is 2.64 bits per heavy atom. The van der Waals surface area contributed by atoms with Gasteiger partial charge in [0.1, 0.15) is 22.1 Å². The summed E-state index contributed by atoms with van der Waals surface area (Å²) in [7, 11) is 3.17. The molecular formula is C16H19NO4S. The molecule has 0 saturated heterocycles. The molecule has 5 nitrogen and oxygen atoms in total. The number of nitrogen functional groups attached to an aromatic ring is 1. The van der Waals surface area contributed by atoms with Crippen LogP contribution in [0.3, 0.4) is 0 Å². The lowest BCUT2D eigenvalue weighted by Gasteiger charge is -2.11. The van der Waals surface area contributed by atoms with Gasteiger partial charge in [0.2, 0.25) is 0 Å². The van der Waals surface area contributed by atoms with E-state index in [1.165, 1.54) is 11.3 Å². The summed E-state index contributed by atoms with van der Waals surface area (Å²) in [6, 6.07) is 5.41. The third-order valence-electron chi connectivity index (χ3n) is 3.16. The minimum atomic E-state index is -0.416. The lowest BCUT2D eigenvalue weighted by molar-refractivity contribution is 0.0508. The van der Waals surface area contributed by atoms with Crippen LogP contribution in [0.2, 0.25) is 0 Å². The molecule has 1 aromatic carbocycles. The van der Waals surface area contributed by atoms with Gasteiger partial charge in [-0.1, -0.05) is 6.92 Å². The standard InChI is InChI=1S/C16H19NO4S/c1-4-7-21-16(18)14-12(9-22-15(14)17)11-8-10(19-2)5-6-13(11)20-3/h5-6,8-9H,4,7,17H2,1-3H3. The third kappa shape index (κ3) is 3.17. The highest BCUT2D eigenvalue weighted by Gasteiger charge is 2.22. The number of thiophene rings is 1. The van der Waals surface area contributed by atoms with Crippen LogP contribution in [0, 0.1) is 0 Å². The highest BCUT2D eigenvalue weighted by molar-refractivity contribution is 7.15. The Hall–Kier alpha value is -2.21. The summed E-state index contributed by atoms with van der Waals surface area (Å²) in [5.74, 6) is 0.900. The predicted molar refractivity (Wildman–Crippen MR) is 87.8 cm³/mol. The second kappa shape index (κ2) is 7.17. The van der Waals surface area contributed by atoms with Gasteiger partial charge >= 0.3 is 5.97 Å². The summed E-state index contributed by atoms with van der Waals surface area (Å²) in [5, 5.41) is 2.26. The summed E-state index contributed by atoms with van der Waals surface area (Å²) >= 11 is 1.30. The first-order chi connectivity index (χ1) is 10.6. The number of rotatable bonds is 6. The van der Waals surface area contributed by atoms with E-state index in [9.17, 15) is 4.79 Å². The monoisotopic (exact) mass is 321 g/mol. The van der Waals surface area contributed by atoms with Gasteiger partial charge in [-0.15, -0.1) is 11.3 Å². The zero-order valence-corrected chi connectivity index (χ0v) is 13.7. The molecule has 0 saturated carbocycles. The number of hydrogen-bond acceptors (Lipinski definition) is 6. The molecule has 2 rings (SSSR count). The SMILES string of the molecule is CCCOC(=O)c1c(-c2cc(OC)ccc2OC)csc1N. The van der Waals surface area contributed by atoms with Gasteiger partial charge in [0, 0.05) is 16.5 Å². The molecule has 118 valence electrons. The zero-order valence-electron chi connectivity index (χ0n) is 12.8. The van der Waals surface area contributed by atoms with E-state index >= 15 is 0 Å². The van der Waals surface area contributed by atoms with Crippen molar-refractivity contribution in [2.75, 3.05) is 26.6 Å². The Kier molecular flexibility index (Phi) is 5.27. The Morgan fingerprint density at radius 2 is 2.00 bits per heavy atom. The lowest BCUT2D eigenvalue weighted by Crippen LogP contribution is -2.08. The van der Waals surface area contributed by atoms with Crippen LogP contribution in [-0.2, 0) is 4.74 Å². The van der Waals surface area contributed by atoms with Crippen molar-refractivity contribution in [2.24, 2.45) is 0 Å². The minimum Gasteiger partial charge on any atom is -0.497 e. The van der Waals surface area contributed by atoms with Gasteiger partial charge in [-0.3, -0.25) is 0 Å². The van der Waals surface area contributed by atoms with E-state index in [2.05, 4.69) is 0 Å². The van der Waals surface area contributed by atoms with E-state index in [1.54, 1.807) is 26.4 Å². The largest absolute Gasteiger partial charge is 0.497 e. The number of nitrogens with two attached hydrogens (primary N) is 1. The first kappa shape index (κ1) is 16.2. The van der Waals surface area contributed by atoms with Crippen molar-refractivity contribution in [1.82, 2.24) is 0 Å². The molecule has 0 fully saturated rings. The minimum absolute atomic E-state index is 0.364. The number of esters is 1. The molecule has 0 amide bonds. The quantitative estimate of drug-likeness (QED) is 0.823. The van der Waals surface area contributed by atoms with Crippen LogP contribution < -0.4 is 15.2 Å². The fraction of sp³-hybridized carbons (Fsp3) is 0.312. The van der Waals surface area contributed by atoms with Crippen LogP contribution in [0.15, 0.2) is 23.6 Å². The van der Waals surface area contributed by atoms with Crippen LogP contribution in [0.5, 0.6) is 11.5 Å². The molecule has 0 radical (unpaired) electrons. The smallest absolute Gasteiger partial charge is 0.341 e. The van der Waals surface area contributed by atoms with Crippen LogP contribution in [-0.4, -0.2) is 26.8 Å². The molecule has 6 heteroatoms. The predicted octanol–water partition coefficient (Wildman–Crippen LogP) is 3.58. The van der Waals surface area contributed by atoms with Crippen LogP contribution in [0.25, 0.3) is 11.1 Å². The van der Waals surface area contributed by atoms with Crippen LogP contribution >= 0.6 is 11.3 Å². The van der Waals surface area contributed by atoms with Crippen molar-refractivity contribution < 1.29 is 19.0 Å². The highest BCUT2D eigenvalue weighted by atomic mass is 32.1. The van der Waals surface area contributed by atoms with Gasteiger partial charge in [-0.25, -0.2) is 4.79 Å². The molecule has 0 aliphatic heterocycles. The molecule has 22 heavy (non-hydrogen) atoms. The van der Waals surface area contributed by atoms with Gasteiger partial charge < -0.3 is 19.9 Å². The Labute approximate surface area is 133 Å². The molecule has 1 heterocycles. The van der Waals surface area contributed by atoms with E-state index in [0.717, 1.165) is 12.0 Å². The van der Waals surface area contributed by atoms with Crippen molar-refractivity contribution in [3.05, 3.63) is 29.1 Å². The van der Waals surface area contributed by atoms with Gasteiger partial charge in [0.15, 0.2) is 0 Å². The van der Waals surface area contributed by atoms with Crippen molar-refractivity contribution in [1.29, 1.82) is 0 Å². The number of ether oxygens (including phenoxy) is 3. The Bertz CT molecular complexity index is 666. The van der Waals surface area contributed by atoms with Gasteiger partial charge in [0.25, 0.3) is 0 Å². The summed E-state index contributed by atoms with van der Waals surface area (Å²) in [6.45, 7) is 2.30. The molecule has 0 bridgehead atoms. The molecule has 1 aromatic heterocycles. The van der Waals surface area contributed by atoms with E-state index in [1.807, 2.05) is 18.4 Å². The fourth-order valence-electron chi connectivity index (χ4n) is 2.07. The molecule has 2 aromatic rings. The summed E-state index contributed by atoms with van der Waals surface area (Å²) in [4.78, 5) is 12.3. The molecule has 0 spiro atoms. The molecule has 0 unspecified atom stereocenters. The molecule has 0 aliphatic carbocycles. The van der Waals surface area contributed by atoms with Gasteiger partial charge in [-0.2, -0.15) is 0 Å². The van der Waals surface area contributed by atoms with Crippen LogP contribution in [0.1, 0.15) is 23.7 Å². The Balaban J connectivity index is 2.51. The first-order valence-corrected chi connectivity index (χ1v) is 7.76. The summed E-state index contributed by atoms with van der Waals surface area (Å²) in [6.07, 6.45) is 0.758. The summed E-state index contributed by atoms with van der Waals surface area (Å²) in [5.41, 5.74) is 7.78. The number of methoxy groups -OCH3 is 2. The average Bonchev–Trinajstić information content (AvgIpc) is 2.93. The average molecular weight is 321 g/mol. The van der Waals surface area contributed by atoms with Crippen LogP contribution in [0.4, 0.5) is 5.00 Å². The van der Waals surface area contributed by atoms with Crippen molar-refractivity contribution in [3.8, 4) is 22.6 Å². The van der Waals surface area contributed by atoms with E-state index < -0.39 is 5.97 Å². The maximum absolute atomic E-state index is 12.3. The van der Waals surface area contributed by atoms with E-state index in [0.29, 0.717) is 34.2 Å². The lowest BCUT2D eigenvalue weighted by atomic mass is 10.0. The molecule has 0 aliphatic rings. The van der Waals surface area contributed by atoms with E-state index in [-0.39, 0.29) is 0 Å². The second-order valence-electron chi connectivity index (χ2n) is 4.59. The highest BCUT2D eigenvalue weighted by Crippen LogP contribution is 2.40. The number of benzene rings is 1. The number of anilines is 1. The van der Waals surface area contributed by atoms with Gasteiger partial charge in [-0.05, 0) is 24.6 Å². The first-order valence-electron chi connectivity index (χ1n) is 6.88. The maximum atomic E-state index is 12.3. The zero-order chi connectivity index (χ0) is 16.1. The van der Waals surface area contributed by atoms with Gasteiger partial charge in [0.05, 0.1) is 20.8 Å². The summed E-state index contributed by atoms with van der Waals surface area (Å²) < 4.78 is 15.9. The van der Waals surface area contributed by atoms with Crippen molar-refractivity contribution in [2.45, 2.75) is 13.3 Å². The molecule has 0 atom stereocenters.